The van der Waals surface area contributed by atoms with E-state index in [-0.39, 0.29) is 23.0 Å². The number of amides is 1. The lowest BCUT2D eigenvalue weighted by atomic mass is 10.0. The number of aromatic carboxylic acids is 1. The summed E-state index contributed by atoms with van der Waals surface area (Å²) >= 11 is 0. The van der Waals surface area contributed by atoms with Crippen molar-refractivity contribution in [2.24, 2.45) is 0 Å². The first-order valence-corrected chi connectivity index (χ1v) is 12.4. The molecule has 0 aliphatic carbocycles. The summed E-state index contributed by atoms with van der Waals surface area (Å²) in [4.78, 5) is 46.1. The Labute approximate surface area is 214 Å². The van der Waals surface area contributed by atoms with E-state index in [1.807, 2.05) is 29.2 Å². The third-order valence-electron chi connectivity index (χ3n) is 6.94. The van der Waals surface area contributed by atoms with Crippen LogP contribution in [0.4, 0.5) is 5.82 Å². The van der Waals surface area contributed by atoms with Crippen LogP contribution in [0.1, 0.15) is 46.0 Å². The lowest BCUT2D eigenvalue weighted by Crippen LogP contribution is -2.39. The normalized spacial score (nSPS) is 15.2. The Kier molecular flexibility index (Phi) is 6.72. The number of carbonyl (C=O) groups is 2. The summed E-state index contributed by atoms with van der Waals surface area (Å²) < 4.78 is 0. The first-order valence-electron chi connectivity index (χ1n) is 12.4. The van der Waals surface area contributed by atoms with Gasteiger partial charge in [-0.3, -0.25) is 9.59 Å². The van der Waals surface area contributed by atoms with Crippen LogP contribution in [-0.2, 0) is 6.42 Å². The predicted octanol–water partition coefficient (Wildman–Crippen LogP) is 4.57. The summed E-state index contributed by atoms with van der Waals surface area (Å²) in [7, 11) is 0. The summed E-state index contributed by atoms with van der Waals surface area (Å²) in [6.07, 6.45) is 3.95. The van der Waals surface area contributed by atoms with Crippen LogP contribution in [0.15, 0.2) is 71.7 Å². The first kappa shape index (κ1) is 24.2. The summed E-state index contributed by atoms with van der Waals surface area (Å²) in [6.45, 7) is 3.29. The molecule has 2 aromatic heterocycles. The maximum Gasteiger partial charge on any atom is 0.341 e. The number of nitrogens with zero attached hydrogens (tertiary/aromatic N) is 2. The van der Waals surface area contributed by atoms with E-state index >= 15 is 0 Å². The Morgan fingerprint density at radius 3 is 2.43 bits per heavy atom. The van der Waals surface area contributed by atoms with Gasteiger partial charge in [-0.15, -0.1) is 0 Å². The number of anilines is 1. The van der Waals surface area contributed by atoms with Crippen LogP contribution < -0.4 is 10.7 Å². The number of aromatic amines is 1. The molecule has 1 saturated heterocycles. The Bertz CT molecular complexity index is 1510. The largest absolute Gasteiger partial charge is 0.477 e. The number of nitrogens with one attached hydrogen (secondary N) is 2. The van der Waals surface area contributed by atoms with Gasteiger partial charge in [0.2, 0.25) is 5.43 Å². The minimum atomic E-state index is -1.30. The zero-order valence-electron chi connectivity index (χ0n) is 20.5. The standard InChI is InChI=1S/C29H28N4O4/c1-2-18-5-7-19(8-6-18)20-9-11-21(12-10-20)28(35)33-15-3-4-22(33)16-31-25-14-13-24-26(32-25)27(34)23(17-30-24)29(36)37/h5-14,17,22H,2-4,15-16H2,1H3,(H,30,34)(H,31,32)(H,36,37). The smallest absolute Gasteiger partial charge is 0.341 e. The number of aromatic nitrogens is 2. The molecule has 0 saturated carbocycles. The van der Waals surface area contributed by atoms with Crippen LogP contribution >= 0.6 is 0 Å². The number of hydrogen-bond acceptors (Lipinski definition) is 5. The highest BCUT2D eigenvalue weighted by molar-refractivity contribution is 5.95. The molecule has 0 bridgehead atoms. The van der Waals surface area contributed by atoms with Gasteiger partial charge >= 0.3 is 5.97 Å². The molecule has 8 heteroatoms. The number of carbonyl (C=O) groups excluding carboxylic acids is 1. The molecule has 1 atom stereocenters. The van der Waals surface area contributed by atoms with Crippen LogP contribution in [0.5, 0.6) is 0 Å². The van der Waals surface area contributed by atoms with Gasteiger partial charge in [-0.25, -0.2) is 9.78 Å². The van der Waals surface area contributed by atoms with Crippen LogP contribution in [0.25, 0.3) is 22.2 Å². The molecule has 3 heterocycles. The van der Waals surface area contributed by atoms with E-state index in [1.165, 1.54) is 11.8 Å². The average Bonchev–Trinajstić information content (AvgIpc) is 3.40. The molecule has 3 N–H and O–H groups in total. The van der Waals surface area contributed by atoms with Gasteiger partial charge in [-0.05, 0) is 60.2 Å². The number of rotatable bonds is 7. The highest BCUT2D eigenvalue weighted by atomic mass is 16.4. The van der Waals surface area contributed by atoms with Gasteiger partial charge in [0, 0.05) is 30.9 Å². The molecule has 0 spiro atoms. The average molecular weight is 497 g/mol. The number of aryl methyl sites for hydroxylation is 1. The van der Waals surface area contributed by atoms with Crippen molar-refractivity contribution < 1.29 is 14.7 Å². The quantitative estimate of drug-likeness (QED) is 0.345. The molecule has 188 valence electrons. The topological polar surface area (TPSA) is 115 Å². The number of benzene rings is 2. The molecule has 37 heavy (non-hydrogen) atoms. The van der Waals surface area contributed by atoms with Gasteiger partial charge in [0.25, 0.3) is 5.91 Å². The highest BCUT2D eigenvalue weighted by Crippen LogP contribution is 2.24. The molecule has 1 fully saturated rings. The fourth-order valence-electron chi connectivity index (χ4n) is 4.79. The molecule has 1 unspecified atom stereocenters. The number of likely N-dealkylation sites (tertiary alicyclic amines) is 1. The Morgan fingerprint density at radius 1 is 1.05 bits per heavy atom. The van der Waals surface area contributed by atoms with Crippen molar-refractivity contribution in [3.63, 3.8) is 0 Å². The SMILES string of the molecule is CCc1ccc(-c2ccc(C(=O)N3CCCC3CNc3ccc4[nH]cc(C(=O)O)c(=O)c4n3)cc2)cc1. The van der Waals surface area contributed by atoms with Crippen molar-refractivity contribution in [1.82, 2.24) is 14.9 Å². The molecule has 5 rings (SSSR count). The second-order valence-corrected chi connectivity index (χ2v) is 9.23. The fraction of sp³-hybridized carbons (Fsp3) is 0.241. The number of fused-ring (bicyclic) bond motifs is 1. The van der Waals surface area contributed by atoms with Crippen molar-refractivity contribution in [3.8, 4) is 11.1 Å². The lowest BCUT2D eigenvalue weighted by molar-refractivity contribution is 0.0693. The molecule has 2 aromatic carbocycles. The van der Waals surface area contributed by atoms with Gasteiger partial charge in [-0.2, -0.15) is 0 Å². The number of carboxylic acid groups (broad SMARTS) is 1. The summed E-state index contributed by atoms with van der Waals surface area (Å²) in [5, 5.41) is 12.4. The van der Waals surface area contributed by atoms with E-state index in [9.17, 15) is 19.5 Å². The van der Waals surface area contributed by atoms with Crippen LogP contribution in [0.3, 0.4) is 0 Å². The van der Waals surface area contributed by atoms with Gasteiger partial charge in [0.15, 0.2) is 0 Å². The van der Waals surface area contributed by atoms with Gasteiger partial charge < -0.3 is 20.3 Å². The fourth-order valence-corrected chi connectivity index (χ4v) is 4.79. The van der Waals surface area contributed by atoms with Gasteiger partial charge in [0.1, 0.15) is 16.9 Å². The van der Waals surface area contributed by atoms with Gasteiger partial charge in [0.05, 0.1) is 5.52 Å². The summed E-state index contributed by atoms with van der Waals surface area (Å²) in [5.41, 5.74) is 3.67. The van der Waals surface area contributed by atoms with Crippen molar-refractivity contribution in [2.45, 2.75) is 32.2 Å². The zero-order chi connectivity index (χ0) is 25.9. The van der Waals surface area contributed by atoms with E-state index in [2.05, 4.69) is 46.5 Å². The maximum atomic E-state index is 13.3. The van der Waals surface area contributed by atoms with E-state index in [0.29, 0.717) is 30.0 Å². The van der Waals surface area contributed by atoms with E-state index in [4.69, 9.17) is 0 Å². The van der Waals surface area contributed by atoms with Crippen molar-refractivity contribution in [3.05, 3.63) is 93.8 Å². The molecular formula is C29H28N4O4. The third kappa shape index (κ3) is 4.95. The monoisotopic (exact) mass is 496 g/mol. The number of carboxylic acids is 1. The van der Waals surface area contributed by atoms with E-state index in [1.54, 1.807) is 12.1 Å². The van der Waals surface area contributed by atoms with Gasteiger partial charge in [-0.1, -0.05) is 43.3 Å². The predicted molar refractivity (Wildman–Crippen MR) is 143 cm³/mol. The third-order valence-corrected chi connectivity index (χ3v) is 6.94. The van der Waals surface area contributed by atoms with Crippen molar-refractivity contribution in [1.29, 1.82) is 0 Å². The summed E-state index contributed by atoms with van der Waals surface area (Å²) in [5.74, 6) is -0.852. The second kappa shape index (κ2) is 10.3. The molecule has 0 radical (unpaired) electrons. The molecule has 4 aromatic rings. The maximum absolute atomic E-state index is 13.3. The van der Waals surface area contributed by atoms with E-state index in [0.717, 1.165) is 30.4 Å². The highest BCUT2D eigenvalue weighted by Gasteiger charge is 2.29. The molecule has 1 aliphatic heterocycles. The molecule has 8 nitrogen and oxygen atoms in total. The van der Waals surface area contributed by atoms with Crippen LogP contribution in [0.2, 0.25) is 0 Å². The summed E-state index contributed by atoms with van der Waals surface area (Å²) in [6, 6.07) is 19.6. The van der Waals surface area contributed by atoms with E-state index < -0.39 is 11.4 Å². The van der Waals surface area contributed by atoms with Crippen LogP contribution in [0, 0.1) is 0 Å². The molecule has 1 amide bonds. The van der Waals surface area contributed by atoms with Crippen LogP contribution in [-0.4, -0.2) is 51.0 Å². The first-order chi connectivity index (χ1) is 17.9. The van der Waals surface area contributed by atoms with Crippen molar-refractivity contribution in [2.75, 3.05) is 18.4 Å². The zero-order valence-corrected chi connectivity index (χ0v) is 20.5. The number of hydrogen-bond donors (Lipinski definition) is 3. The minimum Gasteiger partial charge on any atom is -0.477 e. The Morgan fingerprint density at radius 2 is 1.76 bits per heavy atom. The number of pyridine rings is 2. The second-order valence-electron chi connectivity index (χ2n) is 9.23. The Hall–Kier alpha value is -4.46. The minimum absolute atomic E-state index is 0.00815. The molecule has 1 aliphatic rings. The number of H-pyrrole nitrogens is 1. The lowest BCUT2D eigenvalue weighted by Gasteiger charge is -2.25. The van der Waals surface area contributed by atoms with Crippen molar-refractivity contribution >= 4 is 28.7 Å². The molecular weight excluding hydrogens is 468 g/mol. The Balaban J connectivity index is 1.27.